The maximum Gasteiger partial charge on any atom is 0.305 e. The summed E-state index contributed by atoms with van der Waals surface area (Å²) in [6.07, 6.45) is 1.07. The predicted octanol–water partition coefficient (Wildman–Crippen LogP) is 3.41. The van der Waals surface area contributed by atoms with Crippen LogP contribution < -0.4 is 10.1 Å². The Morgan fingerprint density at radius 3 is 2.50 bits per heavy atom. The van der Waals surface area contributed by atoms with Crippen molar-refractivity contribution in [2.24, 2.45) is 0 Å². The van der Waals surface area contributed by atoms with Gasteiger partial charge in [-0.25, -0.2) is 0 Å². The quantitative estimate of drug-likeness (QED) is 0.444. The molecule has 136 valence electrons. The van der Waals surface area contributed by atoms with E-state index in [9.17, 15) is 9.59 Å². The van der Waals surface area contributed by atoms with Gasteiger partial charge in [0.15, 0.2) is 0 Å². The summed E-state index contributed by atoms with van der Waals surface area (Å²) in [5.41, 5.74) is 0.690. The standard InChI is InChI=1S/C13H19NO3.C5H10O2/c1-3-16-13(15)8-5-9-17-12-7-4-6-11(10-12)14-2;1-5(2,3)7-4-6/h4,6-7,10,14H,3,5,8-9H2,1-2H3;4H,1-3H3. The predicted molar refractivity (Wildman–Crippen MR) is 94.3 cm³/mol. The molecular formula is C18H29NO5. The fourth-order valence-corrected chi connectivity index (χ4v) is 1.53. The topological polar surface area (TPSA) is 73.9 Å². The molecule has 0 radical (unpaired) electrons. The fourth-order valence-electron chi connectivity index (χ4n) is 1.53. The van der Waals surface area contributed by atoms with Crippen molar-refractivity contribution in [1.29, 1.82) is 0 Å². The molecule has 0 atom stereocenters. The molecule has 0 amide bonds. The summed E-state index contributed by atoms with van der Waals surface area (Å²) < 4.78 is 14.9. The van der Waals surface area contributed by atoms with Gasteiger partial charge >= 0.3 is 5.97 Å². The van der Waals surface area contributed by atoms with Crippen molar-refractivity contribution in [1.82, 2.24) is 0 Å². The van der Waals surface area contributed by atoms with Crippen molar-refractivity contribution in [3.05, 3.63) is 24.3 Å². The third kappa shape index (κ3) is 12.3. The summed E-state index contributed by atoms with van der Waals surface area (Å²) >= 11 is 0. The first-order chi connectivity index (χ1) is 11.3. The molecule has 0 heterocycles. The minimum absolute atomic E-state index is 0.167. The number of hydrogen-bond acceptors (Lipinski definition) is 6. The molecule has 1 aromatic rings. The van der Waals surface area contributed by atoms with Gasteiger partial charge in [0.05, 0.1) is 13.2 Å². The van der Waals surface area contributed by atoms with Crippen molar-refractivity contribution < 1.29 is 23.8 Å². The highest BCUT2D eigenvalue weighted by Gasteiger charge is 2.07. The van der Waals surface area contributed by atoms with Gasteiger partial charge in [-0.15, -0.1) is 0 Å². The van der Waals surface area contributed by atoms with Crippen LogP contribution in [0.1, 0.15) is 40.5 Å². The number of anilines is 1. The van der Waals surface area contributed by atoms with Gasteiger partial charge in [-0.1, -0.05) is 6.07 Å². The van der Waals surface area contributed by atoms with Crippen LogP contribution in [0.5, 0.6) is 5.75 Å². The Kier molecular flexibility index (Phi) is 11.1. The third-order valence-corrected chi connectivity index (χ3v) is 2.62. The average Bonchev–Trinajstić information content (AvgIpc) is 2.51. The largest absolute Gasteiger partial charge is 0.494 e. The molecule has 1 rings (SSSR count). The SMILES string of the molecule is CC(C)(C)OC=O.CCOC(=O)CCCOc1cccc(NC)c1. The smallest absolute Gasteiger partial charge is 0.305 e. The molecule has 0 aliphatic carbocycles. The zero-order valence-electron chi connectivity index (χ0n) is 15.3. The highest BCUT2D eigenvalue weighted by atomic mass is 16.5. The molecule has 0 saturated heterocycles. The molecule has 0 bridgehead atoms. The van der Waals surface area contributed by atoms with Crippen LogP contribution in [-0.4, -0.2) is 38.3 Å². The Hall–Kier alpha value is -2.24. The Balaban J connectivity index is 0.000000640. The Morgan fingerprint density at radius 2 is 2.00 bits per heavy atom. The monoisotopic (exact) mass is 339 g/mol. The van der Waals surface area contributed by atoms with Gasteiger partial charge in [0.2, 0.25) is 0 Å². The summed E-state index contributed by atoms with van der Waals surface area (Å²) in [5, 5.41) is 3.04. The van der Waals surface area contributed by atoms with Crippen LogP contribution >= 0.6 is 0 Å². The van der Waals surface area contributed by atoms with E-state index in [-0.39, 0.29) is 11.6 Å². The normalized spacial score (nSPS) is 10.0. The van der Waals surface area contributed by atoms with Gasteiger partial charge in [0, 0.05) is 25.2 Å². The second-order valence-electron chi connectivity index (χ2n) is 5.86. The van der Waals surface area contributed by atoms with E-state index in [1.165, 1.54) is 0 Å². The highest BCUT2D eigenvalue weighted by Crippen LogP contribution is 2.16. The minimum atomic E-state index is -0.318. The Bertz CT molecular complexity index is 483. The first-order valence-corrected chi connectivity index (χ1v) is 8.00. The van der Waals surface area contributed by atoms with Crippen LogP contribution in [0.2, 0.25) is 0 Å². The molecule has 0 aromatic heterocycles. The van der Waals surface area contributed by atoms with Gasteiger partial charge in [0.25, 0.3) is 6.47 Å². The van der Waals surface area contributed by atoms with Crippen LogP contribution in [0.15, 0.2) is 24.3 Å². The molecular weight excluding hydrogens is 310 g/mol. The number of ether oxygens (including phenoxy) is 3. The maximum absolute atomic E-state index is 11.1. The molecule has 0 aliphatic heterocycles. The molecule has 6 heteroatoms. The molecule has 6 nitrogen and oxygen atoms in total. The number of hydrogen-bond donors (Lipinski definition) is 1. The van der Waals surface area contributed by atoms with Gasteiger partial charge in [-0.2, -0.15) is 0 Å². The maximum atomic E-state index is 11.1. The molecule has 1 aromatic carbocycles. The number of carbonyl (C=O) groups excluding carboxylic acids is 2. The third-order valence-electron chi connectivity index (χ3n) is 2.62. The number of rotatable bonds is 8. The van der Waals surface area contributed by atoms with Crippen molar-refractivity contribution in [2.75, 3.05) is 25.6 Å². The highest BCUT2D eigenvalue weighted by molar-refractivity contribution is 5.69. The molecule has 0 saturated carbocycles. The van der Waals surface area contributed by atoms with E-state index in [0.717, 1.165) is 11.4 Å². The zero-order valence-corrected chi connectivity index (χ0v) is 15.3. The fraction of sp³-hybridized carbons (Fsp3) is 0.556. The lowest BCUT2D eigenvalue weighted by atomic mass is 10.2. The summed E-state index contributed by atoms with van der Waals surface area (Å²) in [5.74, 6) is 0.640. The summed E-state index contributed by atoms with van der Waals surface area (Å²) in [4.78, 5) is 20.7. The van der Waals surface area contributed by atoms with E-state index in [1.807, 2.05) is 52.1 Å². The molecule has 0 aliphatic rings. The number of benzene rings is 1. The van der Waals surface area contributed by atoms with Crippen LogP contribution in [0.4, 0.5) is 5.69 Å². The first kappa shape index (κ1) is 21.8. The van der Waals surface area contributed by atoms with Gasteiger partial charge in [-0.05, 0) is 46.2 Å². The van der Waals surface area contributed by atoms with Crippen LogP contribution in [0.25, 0.3) is 0 Å². The van der Waals surface area contributed by atoms with Crippen LogP contribution in [0, 0.1) is 0 Å². The van der Waals surface area contributed by atoms with E-state index in [4.69, 9.17) is 9.47 Å². The second kappa shape index (κ2) is 12.2. The van der Waals surface area contributed by atoms with E-state index in [1.54, 1.807) is 6.92 Å². The Labute approximate surface area is 144 Å². The average molecular weight is 339 g/mol. The van der Waals surface area contributed by atoms with E-state index < -0.39 is 0 Å². The summed E-state index contributed by atoms with van der Waals surface area (Å²) in [6, 6.07) is 7.70. The summed E-state index contributed by atoms with van der Waals surface area (Å²) in [7, 11) is 1.86. The number of carbonyl (C=O) groups is 2. The van der Waals surface area contributed by atoms with Crippen LogP contribution in [-0.2, 0) is 19.1 Å². The molecule has 24 heavy (non-hydrogen) atoms. The van der Waals surface area contributed by atoms with E-state index >= 15 is 0 Å². The van der Waals surface area contributed by atoms with Gasteiger partial charge < -0.3 is 19.5 Å². The molecule has 0 spiro atoms. The van der Waals surface area contributed by atoms with Gasteiger partial charge in [0.1, 0.15) is 11.4 Å². The molecule has 0 unspecified atom stereocenters. The van der Waals surface area contributed by atoms with Crippen molar-refractivity contribution >= 4 is 18.1 Å². The van der Waals surface area contributed by atoms with Crippen molar-refractivity contribution in [2.45, 2.75) is 46.1 Å². The minimum Gasteiger partial charge on any atom is -0.494 e. The lowest BCUT2D eigenvalue weighted by Crippen LogP contribution is -2.17. The Morgan fingerprint density at radius 1 is 1.29 bits per heavy atom. The lowest BCUT2D eigenvalue weighted by Gasteiger charge is -2.14. The van der Waals surface area contributed by atoms with Crippen molar-refractivity contribution in [3.63, 3.8) is 0 Å². The van der Waals surface area contributed by atoms with Gasteiger partial charge in [-0.3, -0.25) is 9.59 Å². The number of nitrogens with one attached hydrogen (secondary N) is 1. The van der Waals surface area contributed by atoms with E-state index in [2.05, 4.69) is 10.1 Å². The van der Waals surface area contributed by atoms with Crippen LogP contribution in [0.3, 0.4) is 0 Å². The number of esters is 1. The second-order valence-corrected chi connectivity index (χ2v) is 5.86. The zero-order chi connectivity index (χ0) is 18.4. The molecule has 1 N–H and O–H groups in total. The molecule has 0 fully saturated rings. The summed E-state index contributed by atoms with van der Waals surface area (Å²) in [6.45, 7) is 8.68. The first-order valence-electron chi connectivity index (χ1n) is 8.00. The van der Waals surface area contributed by atoms with E-state index in [0.29, 0.717) is 32.5 Å². The van der Waals surface area contributed by atoms with Crippen molar-refractivity contribution in [3.8, 4) is 5.75 Å². The lowest BCUT2D eigenvalue weighted by molar-refractivity contribution is -0.143.